The third-order valence-corrected chi connectivity index (χ3v) is 4.32. The summed E-state index contributed by atoms with van der Waals surface area (Å²) >= 11 is 0. The molecule has 6 heteroatoms. The molecular formula is C20H21N3O3. The number of nitrogens with one attached hydrogen (secondary N) is 3. The summed E-state index contributed by atoms with van der Waals surface area (Å²) in [7, 11) is 1.57. The molecule has 1 aliphatic heterocycles. The molecule has 3 amide bonds. The van der Waals surface area contributed by atoms with Crippen LogP contribution in [0.1, 0.15) is 17.2 Å². The van der Waals surface area contributed by atoms with Crippen LogP contribution in [0.25, 0.3) is 0 Å². The first-order valence-electron chi connectivity index (χ1n) is 8.25. The second kappa shape index (κ2) is 7.31. The van der Waals surface area contributed by atoms with Gasteiger partial charge >= 0.3 is 6.03 Å². The van der Waals surface area contributed by atoms with Gasteiger partial charge in [-0.15, -0.1) is 0 Å². The highest BCUT2D eigenvalue weighted by Crippen LogP contribution is 2.32. The van der Waals surface area contributed by atoms with Gasteiger partial charge in [0.05, 0.1) is 13.2 Å². The van der Waals surface area contributed by atoms with Crippen molar-refractivity contribution in [3.63, 3.8) is 0 Å². The van der Waals surface area contributed by atoms with Crippen molar-refractivity contribution in [1.29, 1.82) is 0 Å². The molecule has 1 saturated heterocycles. The van der Waals surface area contributed by atoms with Gasteiger partial charge in [-0.3, -0.25) is 4.79 Å². The number of hydrogen-bond donors (Lipinski definition) is 3. The Morgan fingerprint density at radius 3 is 2.62 bits per heavy atom. The lowest BCUT2D eigenvalue weighted by atomic mass is 9.88. The number of urea groups is 1. The normalized spacial score (nSPS) is 19.3. The van der Waals surface area contributed by atoms with E-state index in [1.807, 2.05) is 49.4 Å². The summed E-state index contributed by atoms with van der Waals surface area (Å²) in [5, 5.41) is 8.30. The molecule has 0 radical (unpaired) electrons. The third kappa shape index (κ3) is 3.69. The molecule has 1 fully saturated rings. The number of hydrogen-bond acceptors (Lipinski definition) is 3. The zero-order valence-corrected chi connectivity index (χ0v) is 14.7. The van der Waals surface area contributed by atoms with Gasteiger partial charge in [-0.2, -0.15) is 0 Å². The quantitative estimate of drug-likeness (QED) is 0.792. The van der Waals surface area contributed by atoms with Gasteiger partial charge in [-0.05, 0) is 36.8 Å². The van der Waals surface area contributed by atoms with Crippen molar-refractivity contribution in [3.05, 3.63) is 71.9 Å². The Bertz CT molecular complexity index is 846. The van der Waals surface area contributed by atoms with Gasteiger partial charge < -0.3 is 20.7 Å². The number of rotatable bonds is 4. The molecular weight excluding hydrogens is 330 g/mol. The lowest BCUT2D eigenvalue weighted by Gasteiger charge is -2.34. The molecule has 0 bridgehead atoms. The Morgan fingerprint density at radius 2 is 1.92 bits per heavy atom. The fourth-order valence-corrected chi connectivity index (χ4v) is 2.96. The maximum Gasteiger partial charge on any atom is 0.319 e. The van der Waals surface area contributed by atoms with Crippen LogP contribution in [-0.2, 0) is 4.79 Å². The van der Waals surface area contributed by atoms with E-state index in [0.29, 0.717) is 17.1 Å². The summed E-state index contributed by atoms with van der Waals surface area (Å²) in [6.45, 7) is 5.86. The van der Waals surface area contributed by atoms with Crippen LogP contribution >= 0.6 is 0 Å². The minimum absolute atomic E-state index is 0.251. The van der Waals surface area contributed by atoms with E-state index in [9.17, 15) is 9.59 Å². The molecule has 3 N–H and O–H groups in total. The van der Waals surface area contributed by atoms with Gasteiger partial charge in [-0.1, -0.05) is 36.4 Å². The van der Waals surface area contributed by atoms with E-state index in [-0.39, 0.29) is 11.9 Å². The summed E-state index contributed by atoms with van der Waals surface area (Å²) in [5.74, 6) is -0.265. The van der Waals surface area contributed by atoms with Crippen LogP contribution in [0.4, 0.5) is 10.5 Å². The minimum atomic E-state index is -0.666. The standard InChI is InChI=1S/C20H21N3O3/c1-12-7-9-15(10-8-12)22-19(24)17-13(2)21-20(25)23-18(17)14-5-4-6-16(11-14)26-3/h4-11,17-18H,2H2,1,3H3,(H,22,24)(H2,21,23,25)/t17-,18+/m1/s1. The molecule has 2 aromatic rings. The first-order chi connectivity index (χ1) is 12.5. The predicted molar refractivity (Wildman–Crippen MR) is 99.8 cm³/mol. The Kier molecular flexibility index (Phi) is 4.93. The number of aryl methyl sites for hydroxylation is 1. The van der Waals surface area contributed by atoms with Crippen molar-refractivity contribution < 1.29 is 14.3 Å². The molecule has 1 heterocycles. The molecule has 2 aromatic carbocycles. The summed E-state index contributed by atoms with van der Waals surface area (Å²) in [6.07, 6.45) is 0. The fourth-order valence-electron chi connectivity index (χ4n) is 2.96. The molecule has 0 saturated carbocycles. The maximum absolute atomic E-state index is 12.9. The van der Waals surface area contributed by atoms with E-state index < -0.39 is 12.0 Å². The highest BCUT2D eigenvalue weighted by Gasteiger charge is 2.37. The molecule has 0 aromatic heterocycles. The number of benzene rings is 2. The van der Waals surface area contributed by atoms with Crippen LogP contribution in [0.2, 0.25) is 0 Å². The van der Waals surface area contributed by atoms with E-state index in [1.54, 1.807) is 13.2 Å². The molecule has 134 valence electrons. The summed E-state index contributed by atoms with van der Waals surface area (Å²) < 4.78 is 5.25. The van der Waals surface area contributed by atoms with E-state index in [0.717, 1.165) is 11.1 Å². The van der Waals surface area contributed by atoms with Gasteiger partial charge in [0.25, 0.3) is 0 Å². The fraction of sp³-hybridized carbons (Fsp3) is 0.200. The van der Waals surface area contributed by atoms with Crippen LogP contribution in [0.15, 0.2) is 60.8 Å². The molecule has 3 rings (SSSR count). The van der Waals surface area contributed by atoms with E-state index in [4.69, 9.17) is 4.74 Å². The van der Waals surface area contributed by atoms with Gasteiger partial charge in [-0.25, -0.2) is 4.79 Å². The highest BCUT2D eigenvalue weighted by molar-refractivity contribution is 5.97. The zero-order chi connectivity index (χ0) is 18.7. The van der Waals surface area contributed by atoms with Crippen molar-refractivity contribution in [2.24, 2.45) is 5.92 Å². The number of amides is 3. The average Bonchev–Trinajstić information content (AvgIpc) is 2.63. The largest absolute Gasteiger partial charge is 0.497 e. The van der Waals surface area contributed by atoms with Crippen LogP contribution in [0.5, 0.6) is 5.75 Å². The SMILES string of the molecule is C=C1NC(=O)N[C@@H](c2cccc(OC)c2)[C@@H]1C(=O)Nc1ccc(C)cc1. The molecule has 2 atom stereocenters. The number of carbonyl (C=O) groups is 2. The maximum atomic E-state index is 12.9. The second-order valence-electron chi connectivity index (χ2n) is 6.21. The smallest absolute Gasteiger partial charge is 0.319 e. The van der Waals surface area contributed by atoms with Crippen molar-refractivity contribution in [3.8, 4) is 5.75 Å². The zero-order valence-electron chi connectivity index (χ0n) is 14.7. The molecule has 26 heavy (non-hydrogen) atoms. The van der Waals surface area contributed by atoms with Crippen LogP contribution in [0, 0.1) is 12.8 Å². The third-order valence-electron chi connectivity index (χ3n) is 4.32. The van der Waals surface area contributed by atoms with Crippen LogP contribution in [0.3, 0.4) is 0 Å². The Morgan fingerprint density at radius 1 is 1.19 bits per heavy atom. The first-order valence-corrected chi connectivity index (χ1v) is 8.25. The molecule has 6 nitrogen and oxygen atoms in total. The van der Waals surface area contributed by atoms with Gasteiger partial charge in [0.15, 0.2) is 0 Å². The Balaban J connectivity index is 1.89. The van der Waals surface area contributed by atoms with Gasteiger partial charge in [0.2, 0.25) is 5.91 Å². The van der Waals surface area contributed by atoms with E-state index in [2.05, 4.69) is 22.5 Å². The van der Waals surface area contributed by atoms with E-state index >= 15 is 0 Å². The predicted octanol–water partition coefficient (Wildman–Crippen LogP) is 3.13. The monoisotopic (exact) mass is 351 g/mol. The minimum Gasteiger partial charge on any atom is -0.497 e. The number of ether oxygens (including phenoxy) is 1. The highest BCUT2D eigenvalue weighted by atomic mass is 16.5. The van der Waals surface area contributed by atoms with Crippen LogP contribution in [-0.4, -0.2) is 19.0 Å². The average molecular weight is 351 g/mol. The van der Waals surface area contributed by atoms with Crippen molar-refractivity contribution in [1.82, 2.24) is 10.6 Å². The Labute approximate surface area is 152 Å². The first kappa shape index (κ1) is 17.5. The van der Waals surface area contributed by atoms with Gasteiger partial charge in [0.1, 0.15) is 11.7 Å². The molecule has 0 unspecified atom stereocenters. The number of carbonyl (C=O) groups excluding carboxylic acids is 2. The Hall–Kier alpha value is -3.28. The van der Waals surface area contributed by atoms with E-state index in [1.165, 1.54) is 0 Å². The lowest BCUT2D eigenvalue weighted by molar-refractivity contribution is -0.119. The second-order valence-corrected chi connectivity index (χ2v) is 6.21. The summed E-state index contributed by atoms with van der Waals surface area (Å²) in [4.78, 5) is 24.8. The number of methoxy groups -OCH3 is 1. The van der Waals surface area contributed by atoms with Crippen LogP contribution < -0.4 is 20.7 Å². The van der Waals surface area contributed by atoms with Crippen molar-refractivity contribution in [2.75, 3.05) is 12.4 Å². The van der Waals surface area contributed by atoms with Crippen molar-refractivity contribution in [2.45, 2.75) is 13.0 Å². The molecule has 0 spiro atoms. The molecule has 1 aliphatic rings. The van der Waals surface area contributed by atoms with Crippen molar-refractivity contribution >= 4 is 17.6 Å². The number of anilines is 1. The summed E-state index contributed by atoms with van der Waals surface area (Å²) in [5.41, 5.74) is 2.92. The summed E-state index contributed by atoms with van der Waals surface area (Å²) in [6, 6.07) is 13.9. The topological polar surface area (TPSA) is 79.5 Å². The lowest BCUT2D eigenvalue weighted by Crippen LogP contribution is -2.51. The van der Waals surface area contributed by atoms with Gasteiger partial charge in [0, 0.05) is 11.4 Å². The molecule has 0 aliphatic carbocycles.